The minimum atomic E-state index is -0.290. The molecule has 0 radical (unpaired) electrons. The lowest BCUT2D eigenvalue weighted by Gasteiger charge is -2.13. The van der Waals surface area contributed by atoms with Crippen LogP contribution >= 0.6 is 12.2 Å². The Morgan fingerprint density at radius 1 is 1.22 bits per heavy atom. The quantitative estimate of drug-likeness (QED) is 0.588. The topological polar surface area (TPSA) is 59.6 Å². The van der Waals surface area contributed by atoms with Gasteiger partial charge < -0.3 is 14.8 Å². The molecule has 140 valence electrons. The molecule has 27 heavy (non-hydrogen) atoms. The number of hydrogen-bond acceptors (Lipinski definition) is 4. The molecule has 1 atom stereocenters. The van der Waals surface area contributed by atoms with Gasteiger partial charge in [0.05, 0.1) is 6.10 Å². The van der Waals surface area contributed by atoms with Gasteiger partial charge in [0, 0.05) is 24.4 Å². The summed E-state index contributed by atoms with van der Waals surface area (Å²) in [6.07, 6.45) is 5.47. The van der Waals surface area contributed by atoms with Crippen LogP contribution in [0.1, 0.15) is 18.4 Å². The Morgan fingerprint density at radius 2 is 2.07 bits per heavy atom. The fourth-order valence-corrected chi connectivity index (χ4v) is 2.90. The maximum Gasteiger partial charge on any atom is 0.250 e. The number of rotatable bonds is 6. The van der Waals surface area contributed by atoms with E-state index in [-0.39, 0.29) is 17.1 Å². The van der Waals surface area contributed by atoms with Gasteiger partial charge in [-0.1, -0.05) is 36.4 Å². The van der Waals surface area contributed by atoms with Crippen LogP contribution in [0.15, 0.2) is 60.7 Å². The zero-order chi connectivity index (χ0) is 18.9. The van der Waals surface area contributed by atoms with Crippen LogP contribution in [0.4, 0.5) is 5.69 Å². The van der Waals surface area contributed by atoms with Crippen LogP contribution in [0.5, 0.6) is 5.75 Å². The third kappa shape index (κ3) is 6.51. The van der Waals surface area contributed by atoms with E-state index in [0.717, 1.165) is 36.4 Å². The normalized spacial score (nSPS) is 16.2. The van der Waals surface area contributed by atoms with E-state index in [0.29, 0.717) is 6.61 Å². The van der Waals surface area contributed by atoms with Crippen molar-refractivity contribution in [2.24, 2.45) is 0 Å². The van der Waals surface area contributed by atoms with Gasteiger partial charge in [0.1, 0.15) is 12.4 Å². The summed E-state index contributed by atoms with van der Waals surface area (Å²) in [7, 11) is 0. The van der Waals surface area contributed by atoms with E-state index in [1.807, 2.05) is 54.6 Å². The van der Waals surface area contributed by atoms with Crippen LogP contribution in [0.25, 0.3) is 6.08 Å². The zero-order valence-electron chi connectivity index (χ0n) is 14.9. The summed E-state index contributed by atoms with van der Waals surface area (Å²) in [6.45, 7) is 1.34. The predicted molar refractivity (Wildman–Crippen MR) is 111 cm³/mol. The fraction of sp³-hybridized carbons (Fsp3) is 0.238. The van der Waals surface area contributed by atoms with Gasteiger partial charge >= 0.3 is 0 Å². The molecule has 1 saturated heterocycles. The lowest BCUT2D eigenvalue weighted by atomic mass is 10.2. The number of benzene rings is 2. The Labute approximate surface area is 164 Å². The Hall–Kier alpha value is -2.70. The predicted octanol–water partition coefficient (Wildman–Crippen LogP) is 3.77. The summed E-state index contributed by atoms with van der Waals surface area (Å²) < 4.78 is 11.3. The van der Waals surface area contributed by atoms with E-state index in [4.69, 9.17) is 21.7 Å². The van der Waals surface area contributed by atoms with Gasteiger partial charge in [0.15, 0.2) is 5.11 Å². The van der Waals surface area contributed by atoms with Gasteiger partial charge in [0.25, 0.3) is 0 Å². The number of anilines is 1. The molecule has 0 spiro atoms. The van der Waals surface area contributed by atoms with Crippen molar-refractivity contribution in [2.45, 2.75) is 18.9 Å². The lowest BCUT2D eigenvalue weighted by molar-refractivity contribution is -0.115. The van der Waals surface area contributed by atoms with Crippen LogP contribution in [0, 0.1) is 0 Å². The zero-order valence-corrected chi connectivity index (χ0v) is 15.7. The summed E-state index contributed by atoms with van der Waals surface area (Å²) in [4.78, 5) is 12.0. The highest BCUT2D eigenvalue weighted by atomic mass is 32.1. The van der Waals surface area contributed by atoms with E-state index in [1.165, 1.54) is 6.08 Å². The van der Waals surface area contributed by atoms with Gasteiger partial charge in [0.2, 0.25) is 5.91 Å². The Morgan fingerprint density at radius 3 is 2.85 bits per heavy atom. The minimum Gasteiger partial charge on any atom is -0.491 e. The number of thiocarbonyl (C=S) groups is 1. The van der Waals surface area contributed by atoms with E-state index >= 15 is 0 Å². The molecule has 6 heteroatoms. The molecular weight excluding hydrogens is 360 g/mol. The van der Waals surface area contributed by atoms with Crippen LogP contribution in [-0.2, 0) is 9.53 Å². The molecule has 3 rings (SSSR count). The first-order chi connectivity index (χ1) is 13.2. The molecule has 1 aliphatic rings. The molecule has 1 fully saturated rings. The molecule has 1 aliphatic heterocycles. The summed E-state index contributed by atoms with van der Waals surface area (Å²) in [5.74, 6) is 0.440. The van der Waals surface area contributed by atoms with Crippen LogP contribution in [-0.4, -0.2) is 30.3 Å². The fourth-order valence-electron chi connectivity index (χ4n) is 2.68. The first-order valence-electron chi connectivity index (χ1n) is 8.88. The van der Waals surface area contributed by atoms with Crippen LogP contribution in [0.2, 0.25) is 0 Å². The Kier molecular flexibility index (Phi) is 6.96. The number of nitrogens with one attached hydrogen (secondary N) is 2. The summed E-state index contributed by atoms with van der Waals surface area (Å²) in [5.41, 5.74) is 1.69. The minimum absolute atomic E-state index is 0.165. The number of hydrogen-bond donors (Lipinski definition) is 2. The third-order valence-electron chi connectivity index (χ3n) is 4.02. The Bertz CT molecular complexity index is 802. The summed E-state index contributed by atoms with van der Waals surface area (Å²) >= 11 is 5.20. The molecule has 1 amide bonds. The standard InChI is InChI=1S/C21H22N2O3S/c24-20(12-11-16-6-2-1-3-7-16)23-21(27)22-17-8-4-9-18(14-17)26-15-19-10-5-13-25-19/h1-4,6-9,11-12,14,19H,5,10,13,15H2,(H2,22,23,24,27)/b12-11+. The SMILES string of the molecule is O=C(/C=C/c1ccccc1)NC(=S)Nc1cccc(OCC2CCCO2)c1. The van der Waals surface area contributed by atoms with Crippen molar-refractivity contribution in [3.8, 4) is 5.75 Å². The monoisotopic (exact) mass is 382 g/mol. The molecule has 0 aromatic heterocycles. The first-order valence-corrected chi connectivity index (χ1v) is 9.29. The second-order valence-electron chi connectivity index (χ2n) is 6.16. The Balaban J connectivity index is 1.47. The molecule has 0 bridgehead atoms. The van der Waals surface area contributed by atoms with Crippen molar-refractivity contribution in [3.63, 3.8) is 0 Å². The molecule has 2 aromatic rings. The van der Waals surface area contributed by atoms with Gasteiger partial charge in [-0.15, -0.1) is 0 Å². The number of carbonyl (C=O) groups excluding carboxylic acids is 1. The van der Waals surface area contributed by atoms with Crippen molar-refractivity contribution in [3.05, 3.63) is 66.2 Å². The van der Waals surface area contributed by atoms with E-state index in [9.17, 15) is 4.79 Å². The summed E-state index contributed by atoms with van der Waals surface area (Å²) in [5, 5.41) is 5.85. The second kappa shape index (κ2) is 9.85. The summed E-state index contributed by atoms with van der Waals surface area (Å²) in [6, 6.07) is 17.0. The number of amides is 1. The van der Waals surface area contributed by atoms with Crippen molar-refractivity contribution in [1.29, 1.82) is 0 Å². The first kappa shape index (κ1) is 19.1. The van der Waals surface area contributed by atoms with Crippen molar-refractivity contribution in [1.82, 2.24) is 5.32 Å². The van der Waals surface area contributed by atoms with Crippen molar-refractivity contribution >= 4 is 35.0 Å². The van der Waals surface area contributed by atoms with Gasteiger partial charge in [-0.2, -0.15) is 0 Å². The highest BCUT2D eigenvalue weighted by molar-refractivity contribution is 7.80. The molecular formula is C21H22N2O3S. The average molecular weight is 382 g/mol. The highest BCUT2D eigenvalue weighted by Crippen LogP contribution is 2.19. The molecule has 0 aliphatic carbocycles. The van der Waals surface area contributed by atoms with Gasteiger partial charge in [-0.25, -0.2) is 0 Å². The van der Waals surface area contributed by atoms with Crippen molar-refractivity contribution < 1.29 is 14.3 Å². The lowest BCUT2D eigenvalue weighted by Crippen LogP contribution is -2.32. The second-order valence-corrected chi connectivity index (χ2v) is 6.57. The number of ether oxygens (including phenoxy) is 2. The molecule has 1 heterocycles. The van der Waals surface area contributed by atoms with Crippen LogP contribution in [0.3, 0.4) is 0 Å². The smallest absolute Gasteiger partial charge is 0.250 e. The maximum atomic E-state index is 12.0. The van der Waals surface area contributed by atoms with E-state index in [2.05, 4.69) is 10.6 Å². The van der Waals surface area contributed by atoms with Gasteiger partial charge in [-0.05, 0) is 48.8 Å². The molecule has 2 N–H and O–H groups in total. The molecule has 2 aromatic carbocycles. The molecule has 0 saturated carbocycles. The number of carbonyl (C=O) groups is 1. The van der Waals surface area contributed by atoms with E-state index in [1.54, 1.807) is 6.08 Å². The molecule has 5 nitrogen and oxygen atoms in total. The largest absolute Gasteiger partial charge is 0.491 e. The third-order valence-corrected chi connectivity index (χ3v) is 4.22. The average Bonchev–Trinajstić information content (AvgIpc) is 3.19. The van der Waals surface area contributed by atoms with Crippen LogP contribution < -0.4 is 15.4 Å². The highest BCUT2D eigenvalue weighted by Gasteiger charge is 2.16. The van der Waals surface area contributed by atoms with Crippen molar-refractivity contribution in [2.75, 3.05) is 18.5 Å². The van der Waals surface area contributed by atoms with Gasteiger partial charge in [-0.3, -0.25) is 10.1 Å². The van der Waals surface area contributed by atoms with E-state index < -0.39 is 0 Å². The molecule has 1 unspecified atom stereocenters. The maximum absolute atomic E-state index is 12.0.